The highest BCUT2D eigenvalue weighted by atomic mass is 35.5. The van der Waals surface area contributed by atoms with Gasteiger partial charge in [0.1, 0.15) is 11.2 Å². The van der Waals surface area contributed by atoms with Crippen molar-refractivity contribution in [3.63, 3.8) is 0 Å². The standard InChI is InChI=1S/C31H20ClN7O2/c1-19-34-30(41-37-19)27-26-29(39(36-27)24-7-3-2-4-8-24)35-28(38(31(26)40)23-16-14-22(32)15-17-23)21-12-10-20(11-13-21)25-9-5-6-18-33-25/h2-18H,1H3. The Morgan fingerprint density at radius 3 is 2.20 bits per heavy atom. The monoisotopic (exact) mass is 557 g/mol. The summed E-state index contributed by atoms with van der Waals surface area (Å²) in [4.78, 5) is 28.3. The number of halogens is 1. The van der Waals surface area contributed by atoms with Gasteiger partial charge in [0, 0.05) is 22.3 Å². The van der Waals surface area contributed by atoms with Gasteiger partial charge >= 0.3 is 0 Å². The maximum atomic E-state index is 14.5. The minimum absolute atomic E-state index is 0.135. The number of rotatable bonds is 5. The number of aromatic nitrogens is 7. The molecule has 7 aromatic rings. The normalized spacial score (nSPS) is 11.3. The first-order chi connectivity index (χ1) is 20.1. The summed E-state index contributed by atoms with van der Waals surface area (Å²) >= 11 is 6.20. The van der Waals surface area contributed by atoms with Crippen molar-refractivity contribution < 1.29 is 4.52 Å². The maximum Gasteiger partial charge on any atom is 0.279 e. The molecule has 41 heavy (non-hydrogen) atoms. The summed E-state index contributed by atoms with van der Waals surface area (Å²) < 4.78 is 8.64. The highest BCUT2D eigenvalue weighted by Gasteiger charge is 2.26. The van der Waals surface area contributed by atoms with E-state index >= 15 is 0 Å². The number of nitrogens with zero attached hydrogens (tertiary/aromatic N) is 7. The van der Waals surface area contributed by atoms with Gasteiger partial charge in [0.2, 0.25) is 0 Å². The molecule has 0 radical (unpaired) electrons. The maximum absolute atomic E-state index is 14.5. The van der Waals surface area contributed by atoms with Gasteiger partial charge in [0.25, 0.3) is 11.4 Å². The topological polar surface area (TPSA) is 105 Å². The van der Waals surface area contributed by atoms with Gasteiger partial charge in [-0.25, -0.2) is 9.67 Å². The molecule has 0 bridgehead atoms. The van der Waals surface area contributed by atoms with Crippen LogP contribution in [0.15, 0.2) is 113 Å². The van der Waals surface area contributed by atoms with Gasteiger partial charge in [0.15, 0.2) is 17.2 Å². The molecule has 0 saturated heterocycles. The summed E-state index contributed by atoms with van der Waals surface area (Å²) in [6.45, 7) is 1.71. The van der Waals surface area contributed by atoms with E-state index in [1.807, 2.05) is 72.8 Å². The summed E-state index contributed by atoms with van der Waals surface area (Å²) in [5.74, 6) is 0.997. The van der Waals surface area contributed by atoms with Crippen LogP contribution in [-0.4, -0.2) is 34.5 Å². The zero-order valence-electron chi connectivity index (χ0n) is 21.6. The van der Waals surface area contributed by atoms with Gasteiger partial charge in [-0.1, -0.05) is 65.3 Å². The van der Waals surface area contributed by atoms with E-state index in [9.17, 15) is 4.79 Å². The van der Waals surface area contributed by atoms with Gasteiger partial charge in [-0.15, -0.1) is 0 Å². The molecule has 0 fully saturated rings. The molecule has 7 rings (SSSR count). The van der Waals surface area contributed by atoms with Crippen molar-refractivity contribution in [3.05, 3.63) is 124 Å². The van der Waals surface area contributed by atoms with Gasteiger partial charge in [-0.05, 0) is 55.5 Å². The minimum Gasteiger partial charge on any atom is -0.332 e. The summed E-state index contributed by atoms with van der Waals surface area (Å²) in [5.41, 5.74) is 4.12. The van der Waals surface area contributed by atoms with E-state index < -0.39 is 0 Å². The zero-order chi connectivity index (χ0) is 27.9. The Morgan fingerprint density at radius 1 is 0.780 bits per heavy atom. The fourth-order valence-electron chi connectivity index (χ4n) is 4.71. The van der Waals surface area contributed by atoms with Crippen LogP contribution < -0.4 is 5.56 Å². The molecule has 0 aliphatic heterocycles. The molecule has 0 spiro atoms. The van der Waals surface area contributed by atoms with Crippen molar-refractivity contribution in [1.29, 1.82) is 0 Å². The highest BCUT2D eigenvalue weighted by Crippen LogP contribution is 2.30. The Kier molecular flexibility index (Phi) is 5.98. The number of aryl methyl sites for hydroxylation is 1. The smallest absolute Gasteiger partial charge is 0.279 e. The Hall–Kier alpha value is -5.41. The number of para-hydroxylation sites is 1. The second kappa shape index (κ2) is 9.96. The summed E-state index contributed by atoms with van der Waals surface area (Å²) in [5, 5.41) is 9.48. The van der Waals surface area contributed by atoms with Crippen LogP contribution in [0.4, 0.5) is 0 Å². The molecule has 198 valence electrons. The summed E-state index contributed by atoms with van der Waals surface area (Å²) in [6.07, 6.45) is 1.75. The Bertz CT molecular complexity index is 2070. The van der Waals surface area contributed by atoms with Crippen LogP contribution in [-0.2, 0) is 0 Å². The van der Waals surface area contributed by atoms with Gasteiger partial charge in [-0.2, -0.15) is 10.1 Å². The number of pyridine rings is 1. The highest BCUT2D eigenvalue weighted by molar-refractivity contribution is 6.30. The van der Waals surface area contributed by atoms with E-state index in [0.29, 0.717) is 28.0 Å². The lowest BCUT2D eigenvalue weighted by atomic mass is 10.1. The molecular weight excluding hydrogens is 538 g/mol. The number of fused-ring (bicyclic) bond motifs is 1. The molecule has 3 aromatic carbocycles. The molecular formula is C31H20ClN7O2. The fourth-order valence-corrected chi connectivity index (χ4v) is 4.83. The molecule has 0 aliphatic carbocycles. The number of benzene rings is 3. The van der Waals surface area contributed by atoms with E-state index in [-0.39, 0.29) is 22.5 Å². The third kappa shape index (κ3) is 4.38. The molecule has 0 saturated carbocycles. The fraction of sp³-hybridized carbons (Fsp3) is 0.0323. The van der Waals surface area contributed by atoms with Crippen LogP contribution >= 0.6 is 11.6 Å². The van der Waals surface area contributed by atoms with E-state index in [4.69, 9.17) is 26.2 Å². The third-order valence-corrected chi connectivity index (χ3v) is 6.87. The lowest BCUT2D eigenvalue weighted by molar-refractivity contribution is 0.424. The Labute approximate surface area is 238 Å². The minimum atomic E-state index is -0.339. The second-order valence-corrected chi connectivity index (χ2v) is 9.72. The van der Waals surface area contributed by atoms with Crippen LogP contribution in [0.2, 0.25) is 5.02 Å². The molecule has 10 heteroatoms. The van der Waals surface area contributed by atoms with Crippen molar-refractivity contribution in [2.45, 2.75) is 6.92 Å². The first-order valence-corrected chi connectivity index (χ1v) is 13.1. The van der Waals surface area contributed by atoms with Crippen molar-refractivity contribution in [2.24, 2.45) is 0 Å². The van der Waals surface area contributed by atoms with Crippen LogP contribution in [0.1, 0.15) is 5.82 Å². The average Bonchev–Trinajstić information content (AvgIpc) is 3.62. The quantitative estimate of drug-likeness (QED) is 0.244. The number of hydrogen-bond donors (Lipinski definition) is 0. The largest absolute Gasteiger partial charge is 0.332 e. The third-order valence-electron chi connectivity index (χ3n) is 6.62. The second-order valence-electron chi connectivity index (χ2n) is 9.29. The van der Waals surface area contributed by atoms with Crippen molar-refractivity contribution in [1.82, 2.24) is 34.5 Å². The average molecular weight is 558 g/mol. The van der Waals surface area contributed by atoms with Crippen molar-refractivity contribution in [2.75, 3.05) is 0 Å². The van der Waals surface area contributed by atoms with Gasteiger partial charge in [0.05, 0.1) is 17.1 Å². The number of hydrogen-bond acceptors (Lipinski definition) is 7. The first-order valence-electron chi connectivity index (χ1n) is 12.8. The molecule has 0 atom stereocenters. The summed E-state index contributed by atoms with van der Waals surface area (Å²) in [6, 6.07) is 30.0. The Balaban J connectivity index is 1.54. The van der Waals surface area contributed by atoms with E-state index in [1.165, 1.54) is 0 Å². The molecule has 0 amide bonds. The van der Waals surface area contributed by atoms with Crippen LogP contribution in [0.25, 0.3) is 56.6 Å². The van der Waals surface area contributed by atoms with Gasteiger partial charge < -0.3 is 4.52 Å². The first kappa shape index (κ1) is 24.6. The molecule has 9 nitrogen and oxygen atoms in total. The lowest BCUT2D eigenvalue weighted by Gasteiger charge is -2.14. The molecule has 4 heterocycles. The van der Waals surface area contributed by atoms with Crippen LogP contribution in [0.3, 0.4) is 0 Å². The zero-order valence-corrected chi connectivity index (χ0v) is 22.4. The van der Waals surface area contributed by atoms with Crippen LogP contribution in [0.5, 0.6) is 0 Å². The predicted molar refractivity (Wildman–Crippen MR) is 156 cm³/mol. The molecule has 0 unspecified atom stereocenters. The molecule has 0 N–H and O–H groups in total. The predicted octanol–water partition coefficient (Wildman–Crippen LogP) is 6.31. The molecule has 0 aliphatic rings. The van der Waals surface area contributed by atoms with E-state index in [2.05, 4.69) is 15.1 Å². The molecule has 4 aromatic heterocycles. The van der Waals surface area contributed by atoms with E-state index in [0.717, 1.165) is 22.5 Å². The van der Waals surface area contributed by atoms with Gasteiger partial charge in [-0.3, -0.25) is 14.3 Å². The van der Waals surface area contributed by atoms with Crippen LogP contribution in [0, 0.1) is 6.92 Å². The summed E-state index contributed by atoms with van der Waals surface area (Å²) in [7, 11) is 0. The van der Waals surface area contributed by atoms with Crippen molar-refractivity contribution >= 4 is 22.6 Å². The lowest BCUT2D eigenvalue weighted by Crippen LogP contribution is -2.22. The SMILES string of the molecule is Cc1noc(-c2nn(-c3ccccc3)c3nc(-c4ccc(-c5ccccn5)cc4)n(-c4ccc(Cl)cc4)c(=O)c23)n1. The Morgan fingerprint density at radius 2 is 1.51 bits per heavy atom. The van der Waals surface area contributed by atoms with E-state index in [1.54, 1.807) is 46.6 Å². The van der Waals surface area contributed by atoms with Crippen molar-refractivity contribution in [3.8, 4) is 45.6 Å².